The number of carbonyl (C=O) groups is 1. The molecule has 0 fully saturated rings. The number of benzene rings is 1. The lowest BCUT2D eigenvalue weighted by molar-refractivity contribution is 0.0996. The Morgan fingerprint density at radius 2 is 2.24 bits per heavy atom. The van der Waals surface area contributed by atoms with Crippen LogP contribution in [0.3, 0.4) is 0 Å². The number of methoxy groups -OCH3 is 1. The van der Waals surface area contributed by atoms with Crippen molar-refractivity contribution < 1.29 is 13.9 Å². The summed E-state index contributed by atoms with van der Waals surface area (Å²) >= 11 is 0. The number of aromatic amines is 1. The maximum absolute atomic E-state index is 13.2. The van der Waals surface area contributed by atoms with Gasteiger partial charge in [-0.2, -0.15) is 15.4 Å². The Balaban J connectivity index is 2.53. The van der Waals surface area contributed by atoms with Crippen LogP contribution < -0.4 is 10.5 Å². The summed E-state index contributed by atoms with van der Waals surface area (Å²) in [7, 11) is 1.35. The van der Waals surface area contributed by atoms with Crippen LogP contribution in [0, 0.1) is 5.82 Å². The summed E-state index contributed by atoms with van der Waals surface area (Å²) in [6, 6.07) is 4.09. The van der Waals surface area contributed by atoms with Gasteiger partial charge in [0.15, 0.2) is 17.3 Å². The van der Waals surface area contributed by atoms with Crippen molar-refractivity contribution in [2.45, 2.75) is 0 Å². The second-order valence-electron chi connectivity index (χ2n) is 3.23. The van der Waals surface area contributed by atoms with E-state index in [1.165, 1.54) is 25.3 Å². The Morgan fingerprint density at radius 3 is 2.88 bits per heavy atom. The van der Waals surface area contributed by atoms with Gasteiger partial charge in [-0.3, -0.25) is 4.79 Å². The Kier molecular flexibility index (Phi) is 2.73. The van der Waals surface area contributed by atoms with E-state index in [1.807, 2.05) is 0 Å². The first-order chi connectivity index (χ1) is 8.13. The number of hydrogen-bond donors (Lipinski definition) is 2. The minimum Gasteiger partial charge on any atom is -0.494 e. The van der Waals surface area contributed by atoms with E-state index in [1.54, 1.807) is 0 Å². The van der Waals surface area contributed by atoms with Gasteiger partial charge in [0.1, 0.15) is 5.69 Å². The molecule has 1 heterocycles. The SMILES string of the molecule is COc1cc(-c2n[nH]nc2C(N)=O)ccc1F. The van der Waals surface area contributed by atoms with E-state index in [4.69, 9.17) is 10.5 Å². The van der Waals surface area contributed by atoms with Crippen LogP contribution in [0.1, 0.15) is 10.5 Å². The molecule has 0 aliphatic heterocycles. The number of ether oxygens (including phenoxy) is 1. The van der Waals surface area contributed by atoms with Crippen molar-refractivity contribution in [1.82, 2.24) is 15.4 Å². The van der Waals surface area contributed by atoms with Crippen molar-refractivity contribution in [3.05, 3.63) is 29.7 Å². The molecule has 0 bridgehead atoms. The predicted molar refractivity (Wildman–Crippen MR) is 56.8 cm³/mol. The van der Waals surface area contributed by atoms with Gasteiger partial charge < -0.3 is 10.5 Å². The zero-order chi connectivity index (χ0) is 12.4. The van der Waals surface area contributed by atoms with Crippen LogP contribution in [0.4, 0.5) is 4.39 Å². The number of nitrogens with one attached hydrogen (secondary N) is 1. The molecule has 2 rings (SSSR count). The molecule has 0 saturated heterocycles. The number of primary amides is 1. The molecule has 0 aliphatic carbocycles. The number of nitrogens with zero attached hydrogens (tertiary/aromatic N) is 2. The smallest absolute Gasteiger partial charge is 0.271 e. The first-order valence-electron chi connectivity index (χ1n) is 4.68. The minimum atomic E-state index is -0.711. The van der Waals surface area contributed by atoms with Gasteiger partial charge in [-0.05, 0) is 18.2 Å². The lowest BCUT2D eigenvalue weighted by Crippen LogP contribution is -2.12. The molecule has 1 amide bonds. The molecule has 0 unspecified atom stereocenters. The molecule has 88 valence electrons. The van der Waals surface area contributed by atoms with E-state index in [-0.39, 0.29) is 17.1 Å². The second kappa shape index (κ2) is 4.20. The Morgan fingerprint density at radius 1 is 1.47 bits per heavy atom. The molecule has 1 aromatic heterocycles. The predicted octanol–water partition coefficient (Wildman–Crippen LogP) is 0.718. The third-order valence-corrected chi connectivity index (χ3v) is 2.21. The number of amides is 1. The summed E-state index contributed by atoms with van der Waals surface area (Å²) in [5, 5.41) is 9.72. The molecule has 7 heteroatoms. The first-order valence-corrected chi connectivity index (χ1v) is 4.68. The van der Waals surface area contributed by atoms with Gasteiger partial charge in [0.2, 0.25) is 0 Å². The highest BCUT2D eigenvalue weighted by molar-refractivity contribution is 5.96. The summed E-state index contributed by atoms with van der Waals surface area (Å²) in [5.74, 6) is -1.15. The topological polar surface area (TPSA) is 93.9 Å². The maximum Gasteiger partial charge on any atom is 0.271 e. The number of rotatable bonds is 3. The number of hydrogen-bond acceptors (Lipinski definition) is 4. The molecule has 1 aromatic carbocycles. The highest BCUT2D eigenvalue weighted by atomic mass is 19.1. The molecule has 0 atom stereocenters. The molecule has 0 spiro atoms. The zero-order valence-electron chi connectivity index (χ0n) is 8.90. The fourth-order valence-corrected chi connectivity index (χ4v) is 1.41. The van der Waals surface area contributed by atoms with Crippen molar-refractivity contribution in [2.75, 3.05) is 7.11 Å². The number of nitrogens with two attached hydrogens (primary N) is 1. The van der Waals surface area contributed by atoms with Crippen molar-refractivity contribution in [2.24, 2.45) is 5.73 Å². The summed E-state index contributed by atoms with van der Waals surface area (Å²) in [6.07, 6.45) is 0. The highest BCUT2D eigenvalue weighted by Crippen LogP contribution is 2.26. The van der Waals surface area contributed by atoms with Crippen molar-refractivity contribution in [3.8, 4) is 17.0 Å². The molecule has 0 aliphatic rings. The van der Waals surface area contributed by atoms with Crippen LogP contribution in [-0.2, 0) is 0 Å². The molecule has 17 heavy (non-hydrogen) atoms. The third kappa shape index (κ3) is 1.94. The largest absolute Gasteiger partial charge is 0.494 e. The molecule has 3 N–H and O–H groups in total. The quantitative estimate of drug-likeness (QED) is 0.820. The number of halogens is 1. The lowest BCUT2D eigenvalue weighted by Gasteiger charge is -2.04. The molecule has 0 saturated carbocycles. The van der Waals surface area contributed by atoms with Gasteiger partial charge in [0, 0.05) is 5.56 Å². The van der Waals surface area contributed by atoms with Gasteiger partial charge >= 0.3 is 0 Å². The van der Waals surface area contributed by atoms with Crippen molar-refractivity contribution in [1.29, 1.82) is 0 Å². The fraction of sp³-hybridized carbons (Fsp3) is 0.100. The Bertz CT molecular complexity index is 567. The summed E-state index contributed by atoms with van der Waals surface area (Å²) < 4.78 is 18.0. The van der Waals surface area contributed by atoms with Gasteiger partial charge in [-0.15, -0.1) is 0 Å². The van der Waals surface area contributed by atoms with E-state index < -0.39 is 11.7 Å². The zero-order valence-corrected chi connectivity index (χ0v) is 8.90. The van der Waals surface area contributed by atoms with Gasteiger partial charge in [0.05, 0.1) is 7.11 Å². The molecular weight excluding hydrogens is 227 g/mol. The van der Waals surface area contributed by atoms with Crippen LogP contribution in [0.25, 0.3) is 11.3 Å². The van der Waals surface area contributed by atoms with Crippen LogP contribution in [0.2, 0.25) is 0 Å². The Labute approximate surface area is 95.6 Å². The Hall–Kier alpha value is -2.44. The molecule has 2 aromatic rings. The fourth-order valence-electron chi connectivity index (χ4n) is 1.41. The van der Waals surface area contributed by atoms with Gasteiger partial charge in [-0.25, -0.2) is 4.39 Å². The monoisotopic (exact) mass is 236 g/mol. The van der Waals surface area contributed by atoms with Crippen molar-refractivity contribution >= 4 is 5.91 Å². The first kappa shape index (κ1) is 11.1. The second-order valence-corrected chi connectivity index (χ2v) is 3.23. The van der Waals surface area contributed by atoms with E-state index in [9.17, 15) is 9.18 Å². The number of aromatic nitrogens is 3. The normalized spacial score (nSPS) is 10.2. The lowest BCUT2D eigenvalue weighted by atomic mass is 10.1. The third-order valence-electron chi connectivity index (χ3n) is 2.21. The molecule has 0 radical (unpaired) electrons. The van der Waals surface area contributed by atoms with Gasteiger partial charge in [0.25, 0.3) is 5.91 Å². The highest BCUT2D eigenvalue weighted by Gasteiger charge is 2.16. The number of H-pyrrole nitrogens is 1. The summed E-state index contributed by atoms with van der Waals surface area (Å²) in [6.45, 7) is 0. The number of carbonyl (C=O) groups excluding carboxylic acids is 1. The maximum atomic E-state index is 13.2. The van der Waals surface area contributed by atoms with Crippen LogP contribution >= 0.6 is 0 Å². The van der Waals surface area contributed by atoms with Crippen LogP contribution in [0.15, 0.2) is 18.2 Å². The van der Waals surface area contributed by atoms with E-state index in [0.29, 0.717) is 5.56 Å². The summed E-state index contributed by atoms with van der Waals surface area (Å²) in [4.78, 5) is 11.1. The van der Waals surface area contributed by atoms with Crippen LogP contribution in [0.5, 0.6) is 5.75 Å². The van der Waals surface area contributed by atoms with Crippen LogP contribution in [-0.4, -0.2) is 28.4 Å². The van der Waals surface area contributed by atoms with E-state index in [0.717, 1.165) is 0 Å². The standard InChI is InChI=1S/C10H9FN4O2/c1-17-7-4-5(2-3-6(7)11)8-9(10(12)16)14-15-13-8/h2-4H,1H3,(H2,12,16)(H,13,14,15). The molecular formula is C10H9FN4O2. The van der Waals surface area contributed by atoms with E-state index >= 15 is 0 Å². The summed E-state index contributed by atoms with van der Waals surface area (Å²) in [5.41, 5.74) is 5.88. The van der Waals surface area contributed by atoms with Crippen molar-refractivity contribution in [3.63, 3.8) is 0 Å². The molecule has 6 nitrogen and oxygen atoms in total. The van der Waals surface area contributed by atoms with E-state index in [2.05, 4.69) is 15.4 Å². The minimum absolute atomic E-state index is 0.00124. The average Bonchev–Trinajstić information content (AvgIpc) is 2.78. The van der Waals surface area contributed by atoms with Gasteiger partial charge in [-0.1, -0.05) is 0 Å². The average molecular weight is 236 g/mol.